The number of halogens is 2. The topological polar surface area (TPSA) is 89.7 Å². The molecule has 0 saturated heterocycles. The minimum atomic E-state index is -1.19. The van der Waals surface area contributed by atoms with E-state index in [1.807, 2.05) is 0 Å². The fourth-order valence-corrected chi connectivity index (χ4v) is 1.71. The summed E-state index contributed by atoms with van der Waals surface area (Å²) in [6.07, 6.45) is -0.375. The van der Waals surface area contributed by atoms with Crippen LogP contribution in [0.15, 0.2) is 12.1 Å². The summed E-state index contributed by atoms with van der Waals surface area (Å²) in [5.41, 5.74) is -0.420. The zero-order chi connectivity index (χ0) is 14.6. The van der Waals surface area contributed by atoms with Gasteiger partial charge in [-0.2, -0.15) is 0 Å². The van der Waals surface area contributed by atoms with Crippen LogP contribution >= 0.6 is 23.2 Å². The van der Waals surface area contributed by atoms with Crippen molar-refractivity contribution in [1.29, 1.82) is 0 Å². The summed E-state index contributed by atoms with van der Waals surface area (Å²) in [4.78, 5) is 21.1. The number of aliphatic carboxylic acids is 1. The van der Waals surface area contributed by atoms with Gasteiger partial charge in [-0.05, 0) is 6.42 Å². The Hall–Kier alpha value is -1.53. The van der Waals surface area contributed by atoms with E-state index in [2.05, 4.69) is 0 Å². The number of rotatable bonds is 6. The Kier molecular flexibility index (Phi) is 5.38. The number of hydrogen-bond donors (Lipinski definition) is 1. The highest BCUT2D eigenvalue weighted by Gasteiger charge is 2.25. The summed E-state index contributed by atoms with van der Waals surface area (Å²) >= 11 is 11.4. The van der Waals surface area contributed by atoms with Crippen molar-refractivity contribution < 1.29 is 19.6 Å². The molecule has 0 saturated carbocycles. The van der Waals surface area contributed by atoms with Crippen LogP contribution in [-0.4, -0.2) is 22.1 Å². The van der Waals surface area contributed by atoms with Crippen LogP contribution in [0.25, 0.3) is 0 Å². The number of hydrogen-bond acceptors (Lipinski definition) is 4. The summed E-state index contributed by atoms with van der Waals surface area (Å²) in [6.45, 7) is 1.78. The molecule has 19 heavy (non-hydrogen) atoms. The van der Waals surface area contributed by atoms with Crippen molar-refractivity contribution in [2.24, 2.45) is 0 Å². The average molecular weight is 308 g/mol. The van der Waals surface area contributed by atoms with Gasteiger partial charge in [-0.1, -0.05) is 36.5 Å². The third kappa shape index (κ3) is 3.97. The number of carboxylic acids is 1. The van der Waals surface area contributed by atoms with Gasteiger partial charge in [0.25, 0.3) is 0 Å². The monoisotopic (exact) mass is 307 g/mol. The fraction of sp³-hybridized carbons (Fsp3) is 0.364. The van der Waals surface area contributed by atoms with E-state index >= 15 is 0 Å². The first-order valence-corrected chi connectivity index (χ1v) is 6.15. The number of benzene rings is 1. The molecule has 1 unspecified atom stereocenters. The van der Waals surface area contributed by atoms with Crippen molar-refractivity contribution in [2.75, 3.05) is 0 Å². The van der Waals surface area contributed by atoms with Gasteiger partial charge in [0.05, 0.1) is 15.0 Å². The van der Waals surface area contributed by atoms with Crippen molar-refractivity contribution in [3.05, 3.63) is 32.3 Å². The Morgan fingerprint density at radius 1 is 1.47 bits per heavy atom. The number of carbonyl (C=O) groups is 1. The van der Waals surface area contributed by atoms with Crippen LogP contribution in [0.3, 0.4) is 0 Å². The number of carboxylic acid groups (broad SMARTS) is 1. The van der Waals surface area contributed by atoms with Crippen LogP contribution in [0, 0.1) is 10.1 Å². The van der Waals surface area contributed by atoms with E-state index < -0.39 is 22.7 Å². The maximum absolute atomic E-state index is 11.0. The van der Waals surface area contributed by atoms with Crippen molar-refractivity contribution in [3.8, 4) is 5.75 Å². The van der Waals surface area contributed by atoms with E-state index in [0.717, 1.165) is 12.1 Å². The average Bonchev–Trinajstić information content (AvgIpc) is 2.32. The second-order valence-electron chi connectivity index (χ2n) is 3.72. The van der Waals surface area contributed by atoms with Gasteiger partial charge in [-0.25, -0.2) is 4.79 Å². The Labute approximate surface area is 119 Å². The van der Waals surface area contributed by atoms with Gasteiger partial charge in [0.15, 0.2) is 11.9 Å². The van der Waals surface area contributed by atoms with Crippen LogP contribution in [0.2, 0.25) is 10.0 Å². The maximum Gasteiger partial charge on any atom is 0.344 e. The zero-order valence-corrected chi connectivity index (χ0v) is 11.4. The molecule has 104 valence electrons. The first kappa shape index (κ1) is 15.5. The third-order valence-corrected chi connectivity index (χ3v) is 3.02. The number of nitro groups is 1. The van der Waals surface area contributed by atoms with Crippen LogP contribution in [0.5, 0.6) is 5.75 Å². The minimum Gasteiger partial charge on any atom is -0.479 e. The molecule has 1 aromatic carbocycles. The van der Waals surface area contributed by atoms with Crippen molar-refractivity contribution in [3.63, 3.8) is 0 Å². The summed E-state index contributed by atoms with van der Waals surface area (Å²) < 4.78 is 5.16. The normalized spacial score (nSPS) is 11.9. The Morgan fingerprint density at radius 2 is 2.05 bits per heavy atom. The smallest absolute Gasteiger partial charge is 0.344 e. The predicted octanol–water partition coefficient (Wildman–Crippen LogP) is 3.53. The lowest BCUT2D eigenvalue weighted by atomic mass is 10.2. The van der Waals surface area contributed by atoms with E-state index in [0.29, 0.717) is 6.42 Å². The molecule has 1 aromatic rings. The molecule has 0 amide bonds. The molecule has 0 aliphatic heterocycles. The van der Waals surface area contributed by atoms with Crippen LogP contribution < -0.4 is 4.74 Å². The van der Waals surface area contributed by atoms with E-state index in [-0.39, 0.29) is 22.2 Å². The molecule has 0 heterocycles. The molecule has 0 spiro atoms. The van der Waals surface area contributed by atoms with Gasteiger partial charge in [0.1, 0.15) is 0 Å². The summed E-state index contributed by atoms with van der Waals surface area (Å²) in [7, 11) is 0. The van der Waals surface area contributed by atoms with Crippen molar-refractivity contribution in [1.82, 2.24) is 0 Å². The quantitative estimate of drug-likeness (QED) is 0.641. The van der Waals surface area contributed by atoms with Gasteiger partial charge in [0, 0.05) is 12.1 Å². The molecule has 1 rings (SSSR count). The molecule has 0 fully saturated rings. The van der Waals surface area contributed by atoms with Crippen molar-refractivity contribution in [2.45, 2.75) is 25.9 Å². The van der Waals surface area contributed by atoms with Crippen LogP contribution in [-0.2, 0) is 4.79 Å². The van der Waals surface area contributed by atoms with Gasteiger partial charge in [0.2, 0.25) is 0 Å². The Bertz CT molecular complexity index is 506. The second kappa shape index (κ2) is 6.58. The Balaban J connectivity index is 3.14. The van der Waals surface area contributed by atoms with Crippen LogP contribution in [0.1, 0.15) is 19.8 Å². The largest absolute Gasteiger partial charge is 0.479 e. The molecule has 1 atom stereocenters. The fourth-order valence-electron chi connectivity index (χ4n) is 1.40. The molecule has 0 aromatic heterocycles. The third-order valence-electron chi connectivity index (χ3n) is 2.29. The molecule has 6 nitrogen and oxygen atoms in total. The van der Waals surface area contributed by atoms with Gasteiger partial charge in [-0.15, -0.1) is 0 Å². The molecular formula is C11H11Cl2NO5. The zero-order valence-electron chi connectivity index (χ0n) is 9.93. The van der Waals surface area contributed by atoms with Crippen molar-refractivity contribution >= 4 is 34.9 Å². The van der Waals surface area contributed by atoms with Gasteiger partial charge >= 0.3 is 11.7 Å². The second-order valence-corrected chi connectivity index (χ2v) is 4.54. The first-order chi connectivity index (χ1) is 8.86. The summed E-state index contributed by atoms with van der Waals surface area (Å²) in [6, 6.07) is 2.18. The van der Waals surface area contributed by atoms with E-state index in [4.69, 9.17) is 33.0 Å². The standard InChI is InChI=1S/C11H11Cl2NO5/c1-2-3-9(11(15)16)19-10-5-7(13)6(12)4-8(10)14(17)18/h4-5,9H,2-3H2,1H3,(H,15,16). The highest BCUT2D eigenvalue weighted by molar-refractivity contribution is 6.42. The molecule has 0 aliphatic rings. The highest BCUT2D eigenvalue weighted by Crippen LogP contribution is 2.36. The highest BCUT2D eigenvalue weighted by atomic mass is 35.5. The maximum atomic E-state index is 11.0. The molecule has 0 aliphatic carbocycles. The number of nitrogens with zero attached hydrogens (tertiary/aromatic N) is 1. The molecule has 8 heteroatoms. The number of nitro benzene ring substituents is 1. The lowest BCUT2D eigenvalue weighted by Gasteiger charge is -2.14. The SMILES string of the molecule is CCCC(Oc1cc(Cl)c(Cl)cc1[N+](=O)[O-])C(=O)O. The Morgan fingerprint density at radius 3 is 2.53 bits per heavy atom. The van der Waals surface area contributed by atoms with Crippen LogP contribution in [0.4, 0.5) is 5.69 Å². The molecule has 0 radical (unpaired) electrons. The van der Waals surface area contributed by atoms with E-state index in [1.54, 1.807) is 6.92 Å². The molecule has 1 N–H and O–H groups in total. The first-order valence-electron chi connectivity index (χ1n) is 5.39. The van der Waals surface area contributed by atoms with Gasteiger partial charge in [-0.3, -0.25) is 10.1 Å². The van der Waals surface area contributed by atoms with E-state index in [9.17, 15) is 14.9 Å². The number of ether oxygens (including phenoxy) is 1. The summed E-state index contributed by atoms with van der Waals surface area (Å²) in [5, 5.41) is 19.9. The lowest BCUT2D eigenvalue weighted by molar-refractivity contribution is -0.386. The molecular weight excluding hydrogens is 297 g/mol. The lowest BCUT2D eigenvalue weighted by Crippen LogP contribution is -2.27. The van der Waals surface area contributed by atoms with E-state index in [1.165, 1.54) is 0 Å². The minimum absolute atomic E-state index is 0.00285. The van der Waals surface area contributed by atoms with Gasteiger partial charge < -0.3 is 9.84 Å². The summed E-state index contributed by atoms with van der Waals surface area (Å²) in [5.74, 6) is -1.40. The molecule has 0 bridgehead atoms. The predicted molar refractivity (Wildman–Crippen MR) is 70.1 cm³/mol.